The van der Waals surface area contributed by atoms with Crippen molar-refractivity contribution >= 4 is 21.8 Å². The SMILES string of the molecule is CCOc1cc(CN=O)nc2c1ccc1cccnc12. The van der Waals surface area contributed by atoms with E-state index in [2.05, 4.69) is 15.1 Å². The fraction of sp³-hybridized carbons (Fsp3) is 0.200. The molecule has 5 nitrogen and oxygen atoms in total. The minimum Gasteiger partial charge on any atom is -0.493 e. The second-order valence-electron chi connectivity index (χ2n) is 4.37. The van der Waals surface area contributed by atoms with E-state index in [0.29, 0.717) is 18.1 Å². The summed E-state index contributed by atoms with van der Waals surface area (Å²) in [5.74, 6) is 0.712. The summed E-state index contributed by atoms with van der Waals surface area (Å²) >= 11 is 0. The quantitative estimate of drug-likeness (QED) is 0.536. The molecule has 1 aromatic carbocycles. The molecule has 3 aromatic rings. The number of aromatic nitrogens is 2. The van der Waals surface area contributed by atoms with Crippen molar-refractivity contribution in [1.82, 2.24) is 9.97 Å². The van der Waals surface area contributed by atoms with Gasteiger partial charge in [-0.2, -0.15) is 4.91 Å². The summed E-state index contributed by atoms with van der Waals surface area (Å²) in [6.07, 6.45) is 1.73. The lowest BCUT2D eigenvalue weighted by Gasteiger charge is -2.10. The molecule has 0 bridgehead atoms. The number of benzene rings is 1. The van der Waals surface area contributed by atoms with Crippen molar-refractivity contribution in [2.45, 2.75) is 13.5 Å². The zero-order valence-corrected chi connectivity index (χ0v) is 11.0. The van der Waals surface area contributed by atoms with E-state index in [9.17, 15) is 4.91 Å². The maximum absolute atomic E-state index is 10.5. The van der Waals surface area contributed by atoms with E-state index in [1.807, 2.05) is 31.2 Å². The summed E-state index contributed by atoms with van der Waals surface area (Å²) in [5.41, 5.74) is 2.14. The van der Waals surface area contributed by atoms with Crippen molar-refractivity contribution in [1.29, 1.82) is 0 Å². The lowest BCUT2D eigenvalue weighted by molar-refractivity contribution is 0.343. The molecule has 0 aliphatic rings. The first-order valence-electron chi connectivity index (χ1n) is 6.42. The minimum absolute atomic E-state index is 0.0270. The number of rotatable bonds is 4. The average Bonchev–Trinajstić information content (AvgIpc) is 2.48. The molecule has 0 fully saturated rings. The normalized spacial score (nSPS) is 10.8. The molecule has 0 saturated carbocycles. The van der Waals surface area contributed by atoms with Gasteiger partial charge in [-0.05, 0) is 19.1 Å². The first kappa shape index (κ1) is 12.5. The molecule has 20 heavy (non-hydrogen) atoms. The van der Waals surface area contributed by atoms with Crippen LogP contribution in [0.25, 0.3) is 21.8 Å². The van der Waals surface area contributed by atoms with Crippen LogP contribution in [0.3, 0.4) is 0 Å². The Morgan fingerprint density at radius 3 is 2.95 bits per heavy atom. The molecule has 0 amide bonds. The first-order chi connectivity index (χ1) is 9.83. The van der Waals surface area contributed by atoms with Gasteiger partial charge in [0.1, 0.15) is 17.8 Å². The highest BCUT2D eigenvalue weighted by Crippen LogP contribution is 2.30. The van der Waals surface area contributed by atoms with Crippen LogP contribution in [0, 0.1) is 4.91 Å². The Morgan fingerprint density at radius 2 is 2.15 bits per heavy atom. The number of nitroso groups, excluding NO2 is 1. The molecule has 2 aromatic heterocycles. The van der Waals surface area contributed by atoms with Crippen molar-refractivity contribution in [3.63, 3.8) is 0 Å². The summed E-state index contributed by atoms with van der Waals surface area (Å²) in [6.45, 7) is 2.50. The van der Waals surface area contributed by atoms with Crippen LogP contribution in [-0.2, 0) is 6.54 Å². The van der Waals surface area contributed by atoms with E-state index >= 15 is 0 Å². The van der Waals surface area contributed by atoms with Gasteiger partial charge in [0.15, 0.2) is 0 Å². The molecule has 0 radical (unpaired) electrons. The van der Waals surface area contributed by atoms with Gasteiger partial charge in [0.05, 0.1) is 17.8 Å². The van der Waals surface area contributed by atoms with Crippen LogP contribution >= 0.6 is 0 Å². The summed E-state index contributed by atoms with van der Waals surface area (Å²) in [5, 5.41) is 4.81. The molecule has 0 spiro atoms. The largest absolute Gasteiger partial charge is 0.493 e. The van der Waals surface area contributed by atoms with Gasteiger partial charge in [-0.3, -0.25) is 4.98 Å². The fourth-order valence-electron chi connectivity index (χ4n) is 2.27. The van der Waals surface area contributed by atoms with Crippen molar-refractivity contribution < 1.29 is 4.74 Å². The number of ether oxygens (including phenoxy) is 1. The highest BCUT2D eigenvalue weighted by atomic mass is 16.5. The number of nitrogens with zero attached hydrogens (tertiary/aromatic N) is 3. The zero-order chi connectivity index (χ0) is 13.9. The van der Waals surface area contributed by atoms with Gasteiger partial charge < -0.3 is 4.74 Å². The zero-order valence-electron chi connectivity index (χ0n) is 11.0. The van der Waals surface area contributed by atoms with Crippen molar-refractivity contribution in [3.05, 3.63) is 47.1 Å². The molecule has 2 heterocycles. The number of hydrogen-bond donors (Lipinski definition) is 0. The third kappa shape index (κ3) is 2.07. The molecule has 0 N–H and O–H groups in total. The van der Waals surface area contributed by atoms with Gasteiger partial charge in [0, 0.05) is 23.0 Å². The molecular formula is C15H13N3O2. The Kier molecular flexibility index (Phi) is 3.25. The predicted molar refractivity (Wildman–Crippen MR) is 77.7 cm³/mol. The van der Waals surface area contributed by atoms with Crippen molar-refractivity contribution in [2.24, 2.45) is 5.18 Å². The fourth-order valence-corrected chi connectivity index (χ4v) is 2.27. The summed E-state index contributed by atoms with van der Waals surface area (Å²) in [7, 11) is 0. The third-order valence-electron chi connectivity index (χ3n) is 3.09. The summed E-state index contributed by atoms with van der Waals surface area (Å²) in [4.78, 5) is 19.4. The first-order valence-corrected chi connectivity index (χ1v) is 6.42. The number of pyridine rings is 2. The van der Waals surface area contributed by atoms with E-state index in [1.54, 1.807) is 12.3 Å². The predicted octanol–water partition coefficient (Wildman–Crippen LogP) is 3.45. The molecule has 0 atom stereocenters. The Bertz CT molecular complexity index is 787. The highest BCUT2D eigenvalue weighted by molar-refractivity contribution is 6.04. The second kappa shape index (κ2) is 5.21. The van der Waals surface area contributed by atoms with Crippen LogP contribution in [0.2, 0.25) is 0 Å². The Morgan fingerprint density at radius 1 is 1.25 bits per heavy atom. The number of fused-ring (bicyclic) bond motifs is 3. The molecule has 0 unspecified atom stereocenters. The van der Waals surface area contributed by atoms with Gasteiger partial charge in [0.25, 0.3) is 0 Å². The van der Waals surface area contributed by atoms with Gasteiger partial charge in [0.2, 0.25) is 0 Å². The Hall–Kier alpha value is -2.56. The van der Waals surface area contributed by atoms with Crippen LogP contribution in [0.15, 0.2) is 41.7 Å². The van der Waals surface area contributed by atoms with E-state index < -0.39 is 0 Å². The molecule has 0 aliphatic carbocycles. The van der Waals surface area contributed by atoms with Gasteiger partial charge in [-0.15, -0.1) is 0 Å². The maximum atomic E-state index is 10.5. The standard InChI is InChI=1S/C15H13N3O2/c1-2-20-13-8-11(9-17-19)18-15-12(13)6-5-10-4-3-7-16-14(10)15/h3-8H,2,9H2,1H3. The lowest BCUT2D eigenvalue weighted by atomic mass is 10.1. The third-order valence-corrected chi connectivity index (χ3v) is 3.09. The molecule has 0 saturated heterocycles. The van der Waals surface area contributed by atoms with Gasteiger partial charge in [-0.1, -0.05) is 17.3 Å². The van der Waals surface area contributed by atoms with Crippen LogP contribution in [0.4, 0.5) is 0 Å². The van der Waals surface area contributed by atoms with Gasteiger partial charge >= 0.3 is 0 Å². The molecule has 100 valence electrons. The molecule has 5 heteroatoms. The Balaban J connectivity index is 2.37. The van der Waals surface area contributed by atoms with Crippen molar-refractivity contribution in [3.8, 4) is 5.75 Å². The van der Waals surface area contributed by atoms with Gasteiger partial charge in [-0.25, -0.2) is 4.98 Å². The van der Waals surface area contributed by atoms with Crippen LogP contribution in [0.5, 0.6) is 5.75 Å². The lowest BCUT2D eigenvalue weighted by Crippen LogP contribution is -1.98. The van der Waals surface area contributed by atoms with E-state index in [-0.39, 0.29) is 6.54 Å². The Labute approximate surface area is 115 Å². The average molecular weight is 267 g/mol. The van der Waals surface area contributed by atoms with Crippen LogP contribution < -0.4 is 4.74 Å². The monoisotopic (exact) mass is 267 g/mol. The minimum atomic E-state index is 0.0270. The maximum Gasteiger partial charge on any atom is 0.130 e. The molecule has 0 aliphatic heterocycles. The molecular weight excluding hydrogens is 254 g/mol. The van der Waals surface area contributed by atoms with Crippen LogP contribution in [0.1, 0.15) is 12.6 Å². The topological polar surface area (TPSA) is 64.4 Å². The van der Waals surface area contributed by atoms with E-state index in [0.717, 1.165) is 21.8 Å². The smallest absolute Gasteiger partial charge is 0.130 e. The van der Waals surface area contributed by atoms with Crippen LogP contribution in [-0.4, -0.2) is 16.6 Å². The van der Waals surface area contributed by atoms with E-state index in [4.69, 9.17) is 4.74 Å². The van der Waals surface area contributed by atoms with Crippen molar-refractivity contribution in [2.75, 3.05) is 6.61 Å². The van der Waals surface area contributed by atoms with E-state index in [1.165, 1.54) is 0 Å². The second-order valence-corrected chi connectivity index (χ2v) is 4.37. The summed E-state index contributed by atoms with van der Waals surface area (Å²) < 4.78 is 5.64. The summed E-state index contributed by atoms with van der Waals surface area (Å²) in [6, 6.07) is 9.59. The highest BCUT2D eigenvalue weighted by Gasteiger charge is 2.10. The number of hydrogen-bond acceptors (Lipinski definition) is 5. The molecule has 3 rings (SSSR count).